The van der Waals surface area contributed by atoms with Crippen molar-refractivity contribution in [2.45, 2.75) is 12.8 Å². The highest BCUT2D eigenvalue weighted by Gasteiger charge is 2.22. The van der Waals surface area contributed by atoms with Gasteiger partial charge < -0.3 is 19.5 Å². The smallest absolute Gasteiger partial charge is 0.232 e. The number of methoxy groups -OCH3 is 1. The predicted molar refractivity (Wildman–Crippen MR) is 141 cm³/mol. The molecule has 3 aromatic rings. The second-order valence-electron chi connectivity index (χ2n) is 7.84. The third-order valence-electron chi connectivity index (χ3n) is 5.08. The van der Waals surface area contributed by atoms with Gasteiger partial charge in [-0.2, -0.15) is 0 Å². The van der Waals surface area contributed by atoms with E-state index >= 15 is 0 Å². The maximum Gasteiger partial charge on any atom is 0.232 e. The molecule has 0 aromatic heterocycles. The van der Waals surface area contributed by atoms with E-state index in [2.05, 4.69) is 5.32 Å². The number of ether oxygens (including phenoxy) is 3. The Bertz CT molecular complexity index is 1240. The summed E-state index contributed by atoms with van der Waals surface area (Å²) in [5, 5.41) is 3.15. The van der Waals surface area contributed by atoms with Crippen molar-refractivity contribution in [2.75, 3.05) is 37.4 Å². The number of para-hydroxylation sites is 1. The van der Waals surface area contributed by atoms with E-state index in [0.717, 1.165) is 12.0 Å². The first-order valence-corrected chi connectivity index (χ1v) is 13.5. The Morgan fingerprint density at radius 3 is 2.33 bits per heavy atom. The fourth-order valence-electron chi connectivity index (χ4n) is 3.36. The van der Waals surface area contributed by atoms with Crippen molar-refractivity contribution < 1.29 is 27.4 Å². The fraction of sp³-hybridized carbons (Fsp3) is 0.269. The standard InChI is InChI=1S/C26H29ClN2O6S/c1-33-21-11-13-22(14-12-21)34-18-16-28-26(30)9-6-17-29(36(2,31)32)24-19-20(27)10-15-25(24)35-23-7-4-3-5-8-23/h3-5,7-8,10-15,19H,6,9,16-18H2,1-2H3,(H,28,30). The van der Waals surface area contributed by atoms with Gasteiger partial charge in [0.15, 0.2) is 5.75 Å². The second-order valence-corrected chi connectivity index (χ2v) is 10.2. The molecule has 0 fully saturated rings. The van der Waals surface area contributed by atoms with Gasteiger partial charge in [0.05, 0.1) is 25.6 Å². The molecule has 0 aliphatic rings. The van der Waals surface area contributed by atoms with Crippen molar-refractivity contribution in [3.8, 4) is 23.0 Å². The SMILES string of the molecule is COc1ccc(OCCNC(=O)CCCN(c2cc(Cl)ccc2Oc2ccccc2)S(C)(=O)=O)cc1. The average Bonchev–Trinajstić information content (AvgIpc) is 2.86. The number of benzene rings is 3. The summed E-state index contributed by atoms with van der Waals surface area (Å²) >= 11 is 6.17. The summed E-state index contributed by atoms with van der Waals surface area (Å²) in [5.41, 5.74) is 0.308. The van der Waals surface area contributed by atoms with Gasteiger partial charge in [-0.3, -0.25) is 9.10 Å². The molecule has 3 aromatic carbocycles. The molecule has 0 saturated heterocycles. The van der Waals surface area contributed by atoms with Crippen LogP contribution < -0.4 is 23.8 Å². The molecule has 36 heavy (non-hydrogen) atoms. The third kappa shape index (κ3) is 8.35. The molecule has 3 rings (SSSR count). The zero-order valence-electron chi connectivity index (χ0n) is 20.1. The van der Waals surface area contributed by atoms with Crippen LogP contribution in [0.15, 0.2) is 72.8 Å². The van der Waals surface area contributed by atoms with Crippen LogP contribution >= 0.6 is 11.6 Å². The minimum atomic E-state index is -3.67. The van der Waals surface area contributed by atoms with Crippen molar-refractivity contribution in [3.05, 3.63) is 77.8 Å². The Kier molecular flexibility index (Phi) is 9.84. The van der Waals surface area contributed by atoms with Crippen LogP contribution in [0, 0.1) is 0 Å². The van der Waals surface area contributed by atoms with Crippen LogP contribution in [0.1, 0.15) is 12.8 Å². The molecule has 0 heterocycles. The minimum Gasteiger partial charge on any atom is -0.497 e. The van der Waals surface area contributed by atoms with Gasteiger partial charge in [0.2, 0.25) is 15.9 Å². The molecule has 192 valence electrons. The topological polar surface area (TPSA) is 94.2 Å². The van der Waals surface area contributed by atoms with Crippen LogP contribution in [0.25, 0.3) is 0 Å². The monoisotopic (exact) mass is 532 g/mol. The van der Waals surface area contributed by atoms with Gasteiger partial charge >= 0.3 is 0 Å². The number of nitrogens with one attached hydrogen (secondary N) is 1. The van der Waals surface area contributed by atoms with E-state index in [1.54, 1.807) is 55.6 Å². The highest BCUT2D eigenvalue weighted by Crippen LogP contribution is 2.36. The van der Waals surface area contributed by atoms with E-state index in [4.69, 9.17) is 25.8 Å². The normalized spacial score (nSPS) is 11.0. The summed E-state index contributed by atoms with van der Waals surface area (Å²) in [6, 6.07) is 21.0. The lowest BCUT2D eigenvalue weighted by molar-refractivity contribution is -0.121. The van der Waals surface area contributed by atoms with E-state index in [-0.39, 0.29) is 18.9 Å². The Morgan fingerprint density at radius 1 is 0.972 bits per heavy atom. The van der Waals surface area contributed by atoms with Crippen molar-refractivity contribution in [2.24, 2.45) is 0 Å². The zero-order chi connectivity index (χ0) is 26.0. The molecular formula is C26H29ClN2O6S. The van der Waals surface area contributed by atoms with E-state index in [1.807, 2.05) is 18.2 Å². The Labute approximate surface area is 216 Å². The predicted octanol–water partition coefficient (Wildman–Crippen LogP) is 4.88. The second kappa shape index (κ2) is 13.0. The Hall–Kier alpha value is -3.43. The van der Waals surface area contributed by atoms with Crippen molar-refractivity contribution in [1.29, 1.82) is 0 Å². The van der Waals surface area contributed by atoms with E-state index in [1.165, 1.54) is 10.4 Å². The van der Waals surface area contributed by atoms with Crippen molar-refractivity contribution in [1.82, 2.24) is 5.32 Å². The molecular weight excluding hydrogens is 504 g/mol. The molecule has 8 nitrogen and oxygen atoms in total. The van der Waals surface area contributed by atoms with Crippen LogP contribution in [-0.4, -0.2) is 47.4 Å². The molecule has 0 radical (unpaired) electrons. The van der Waals surface area contributed by atoms with Crippen molar-refractivity contribution >= 4 is 33.2 Å². The minimum absolute atomic E-state index is 0.0834. The van der Waals surface area contributed by atoms with Gasteiger partial charge in [0.25, 0.3) is 0 Å². The number of rotatable bonds is 13. The highest BCUT2D eigenvalue weighted by atomic mass is 35.5. The number of halogens is 1. The number of amides is 1. The molecule has 0 spiro atoms. The quantitative estimate of drug-likeness (QED) is 0.315. The number of sulfonamides is 1. The lowest BCUT2D eigenvalue weighted by atomic mass is 10.2. The fourth-order valence-corrected chi connectivity index (χ4v) is 4.48. The summed E-state index contributed by atoms with van der Waals surface area (Å²) in [4.78, 5) is 12.3. The van der Waals surface area contributed by atoms with Crippen molar-refractivity contribution in [3.63, 3.8) is 0 Å². The Morgan fingerprint density at radius 2 is 1.67 bits per heavy atom. The lowest BCUT2D eigenvalue weighted by Crippen LogP contribution is -2.33. The molecule has 0 bridgehead atoms. The molecule has 1 N–H and O–H groups in total. The van der Waals surface area contributed by atoms with Crippen LogP contribution in [-0.2, 0) is 14.8 Å². The van der Waals surface area contributed by atoms with E-state index in [0.29, 0.717) is 47.5 Å². The zero-order valence-corrected chi connectivity index (χ0v) is 21.7. The average molecular weight is 533 g/mol. The number of hydrogen-bond donors (Lipinski definition) is 1. The number of nitrogens with zero attached hydrogens (tertiary/aromatic N) is 1. The molecule has 0 atom stereocenters. The van der Waals surface area contributed by atoms with Crippen LogP contribution in [0.2, 0.25) is 5.02 Å². The van der Waals surface area contributed by atoms with Crippen LogP contribution in [0.3, 0.4) is 0 Å². The largest absolute Gasteiger partial charge is 0.497 e. The Balaban J connectivity index is 1.54. The summed E-state index contributed by atoms with van der Waals surface area (Å²) in [6.07, 6.45) is 1.55. The van der Waals surface area contributed by atoms with Gasteiger partial charge in [-0.05, 0) is 61.0 Å². The first kappa shape index (κ1) is 27.2. The first-order chi connectivity index (χ1) is 17.3. The summed E-state index contributed by atoms with van der Waals surface area (Å²) in [7, 11) is -2.08. The van der Waals surface area contributed by atoms with Crippen LogP contribution in [0.4, 0.5) is 5.69 Å². The van der Waals surface area contributed by atoms with Gasteiger partial charge in [-0.1, -0.05) is 29.8 Å². The number of carbonyl (C=O) groups is 1. The summed E-state index contributed by atoms with van der Waals surface area (Å²) < 4.78 is 43.0. The molecule has 1 amide bonds. The molecule has 10 heteroatoms. The van der Waals surface area contributed by atoms with Gasteiger partial charge in [0, 0.05) is 18.0 Å². The maximum atomic E-state index is 12.6. The third-order valence-corrected chi connectivity index (χ3v) is 6.49. The summed E-state index contributed by atoms with van der Waals surface area (Å²) in [5.74, 6) is 2.11. The lowest BCUT2D eigenvalue weighted by Gasteiger charge is -2.25. The van der Waals surface area contributed by atoms with Crippen LogP contribution in [0.5, 0.6) is 23.0 Å². The van der Waals surface area contributed by atoms with Gasteiger partial charge in [0.1, 0.15) is 23.9 Å². The first-order valence-electron chi connectivity index (χ1n) is 11.3. The summed E-state index contributed by atoms with van der Waals surface area (Å²) in [6.45, 7) is 0.709. The number of hydrogen-bond acceptors (Lipinski definition) is 6. The number of carbonyl (C=O) groups excluding carboxylic acids is 1. The molecule has 0 unspecified atom stereocenters. The van der Waals surface area contributed by atoms with E-state index in [9.17, 15) is 13.2 Å². The molecule has 0 aliphatic carbocycles. The highest BCUT2D eigenvalue weighted by molar-refractivity contribution is 7.92. The maximum absolute atomic E-state index is 12.6. The number of anilines is 1. The van der Waals surface area contributed by atoms with E-state index < -0.39 is 10.0 Å². The molecule has 0 aliphatic heterocycles. The van der Waals surface area contributed by atoms with Gasteiger partial charge in [-0.25, -0.2) is 8.42 Å². The molecule has 0 saturated carbocycles. The van der Waals surface area contributed by atoms with Gasteiger partial charge in [-0.15, -0.1) is 0 Å².